The lowest BCUT2D eigenvalue weighted by atomic mass is 9.72. The maximum absolute atomic E-state index is 11.8. The summed E-state index contributed by atoms with van der Waals surface area (Å²) in [5.74, 6) is 1.60. The smallest absolute Gasteiger partial charge is 0.237 e. The van der Waals surface area contributed by atoms with E-state index in [2.05, 4.69) is 66.1 Å². The summed E-state index contributed by atoms with van der Waals surface area (Å²) in [5.41, 5.74) is 12.3. The summed E-state index contributed by atoms with van der Waals surface area (Å²) >= 11 is 0. The van der Waals surface area contributed by atoms with Gasteiger partial charge < -0.3 is 19.3 Å². The van der Waals surface area contributed by atoms with Crippen molar-refractivity contribution in [1.82, 2.24) is 34.6 Å². The minimum atomic E-state index is 0.157. The number of hydrogen-bond donors (Lipinski definition) is 0. The van der Waals surface area contributed by atoms with E-state index in [4.69, 9.17) is 24.4 Å². The zero-order valence-electron chi connectivity index (χ0n) is 32.2. The van der Waals surface area contributed by atoms with Gasteiger partial charge in [0, 0.05) is 106 Å². The van der Waals surface area contributed by atoms with Gasteiger partial charge in [0.15, 0.2) is 0 Å². The van der Waals surface area contributed by atoms with E-state index in [1.54, 1.807) is 28.1 Å². The molecule has 11 heteroatoms. The number of aryl methyl sites for hydroxylation is 1. The molecular formula is C43H49N7O4. The van der Waals surface area contributed by atoms with E-state index in [-0.39, 0.29) is 22.6 Å². The molecule has 2 amide bonds. The summed E-state index contributed by atoms with van der Waals surface area (Å²) < 4.78 is 11.8. The number of ether oxygens (including phenoxy) is 2. The van der Waals surface area contributed by atoms with E-state index in [1.165, 1.54) is 11.1 Å². The van der Waals surface area contributed by atoms with E-state index >= 15 is 0 Å². The molecule has 4 aliphatic heterocycles. The molecule has 5 aliphatic rings. The number of carbonyl (C=O) groups is 2. The molecule has 6 heterocycles. The van der Waals surface area contributed by atoms with Crippen LogP contribution >= 0.6 is 0 Å². The number of carbonyl (C=O) groups excluding carboxylic acids is 2. The first-order valence-corrected chi connectivity index (χ1v) is 19.1. The summed E-state index contributed by atoms with van der Waals surface area (Å²) in [6.07, 6.45) is 3.92. The van der Waals surface area contributed by atoms with Gasteiger partial charge in [-0.05, 0) is 60.6 Å². The number of nitrogens with zero attached hydrogens (tertiary/aromatic N) is 7. The Morgan fingerprint density at radius 2 is 1.28 bits per heavy atom. The van der Waals surface area contributed by atoms with E-state index < -0.39 is 0 Å². The lowest BCUT2D eigenvalue weighted by Gasteiger charge is -2.61. The van der Waals surface area contributed by atoms with E-state index in [1.807, 2.05) is 16.0 Å². The minimum absolute atomic E-state index is 0.157. The average molecular weight is 728 g/mol. The van der Waals surface area contributed by atoms with E-state index in [0.717, 1.165) is 122 Å². The average Bonchev–Trinajstić information content (AvgIpc) is 3.51. The first-order valence-electron chi connectivity index (χ1n) is 19.1. The number of aromatic nitrogens is 3. The van der Waals surface area contributed by atoms with Crippen LogP contribution in [0.1, 0.15) is 54.3 Å². The van der Waals surface area contributed by atoms with Crippen LogP contribution in [0.5, 0.6) is 11.8 Å². The second-order valence-corrected chi connectivity index (χ2v) is 16.6. The normalized spacial score (nSPS) is 20.9. The van der Waals surface area contributed by atoms with Crippen LogP contribution in [0, 0.1) is 24.7 Å². The van der Waals surface area contributed by atoms with Crippen molar-refractivity contribution in [3.63, 3.8) is 0 Å². The molecule has 1 atom stereocenters. The molecule has 9 rings (SSSR count). The predicted molar refractivity (Wildman–Crippen MR) is 206 cm³/mol. The lowest BCUT2D eigenvalue weighted by Crippen LogP contribution is -2.72. The Balaban J connectivity index is 0.943. The van der Waals surface area contributed by atoms with Gasteiger partial charge in [0.05, 0.1) is 31.8 Å². The summed E-state index contributed by atoms with van der Waals surface area (Å²) in [5, 5.41) is 0. The second kappa shape index (κ2) is 12.9. The number of likely N-dealkylation sites (tertiary alicyclic amines) is 4. The number of methoxy groups -OCH3 is 2. The molecule has 0 saturated carbocycles. The number of benzene rings is 2. The Hall–Kier alpha value is -4.87. The van der Waals surface area contributed by atoms with Gasteiger partial charge in [0.25, 0.3) is 0 Å². The van der Waals surface area contributed by atoms with Crippen molar-refractivity contribution < 1.29 is 19.1 Å². The molecule has 280 valence electrons. The van der Waals surface area contributed by atoms with Crippen LogP contribution in [-0.2, 0) is 22.6 Å². The van der Waals surface area contributed by atoms with Crippen molar-refractivity contribution in [3.8, 4) is 45.4 Å². The summed E-state index contributed by atoms with van der Waals surface area (Å²) in [6, 6.07) is 15.4. The first kappa shape index (κ1) is 34.9. The third kappa shape index (κ3) is 5.66. The molecule has 4 fully saturated rings. The molecule has 0 unspecified atom stereocenters. The SMILES string of the molecule is COc1nc(-c2cccc(-c3cccc(-c4cc5c(c(OC)n4)[C@@H](N4CC6(CN(C(C)=O)C6)C4)CC5)c3C)c2C)cnc1CN1CC2(C1)CN(C(C)=O)C2. The Kier molecular flexibility index (Phi) is 8.31. The Labute approximate surface area is 317 Å². The van der Waals surface area contributed by atoms with E-state index in [9.17, 15) is 9.59 Å². The molecule has 1 aliphatic carbocycles. The van der Waals surface area contributed by atoms with Crippen molar-refractivity contribution in [2.45, 2.75) is 53.1 Å². The number of rotatable bonds is 8. The molecular weight excluding hydrogens is 679 g/mol. The zero-order chi connectivity index (χ0) is 37.5. The van der Waals surface area contributed by atoms with Crippen molar-refractivity contribution in [2.24, 2.45) is 10.8 Å². The maximum atomic E-state index is 11.8. The van der Waals surface area contributed by atoms with Gasteiger partial charge in [0.1, 0.15) is 5.69 Å². The third-order valence-corrected chi connectivity index (χ3v) is 12.8. The molecule has 4 saturated heterocycles. The van der Waals surface area contributed by atoms with Gasteiger partial charge in [-0.1, -0.05) is 36.4 Å². The van der Waals surface area contributed by atoms with Crippen molar-refractivity contribution in [1.29, 1.82) is 0 Å². The van der Waals surface area contributed by atoms with Crippen LogP contribution in [0.4, 0.5) is 0 Å². The van der Waals surface area contributed by atoms with Crippen LogP contribution in [0.25, 0.3) is 33.6 Å². The summed E-state index contributed by atoms with van der Waals surface area (Å²) in [6.45, 7) is 15.7. The molecule has 4 aromatic rings. The predicted octanol–water partition coefficient (Wildman–Crippen LogP) is 5.32. The molecule has 0 radical (unpaired) electrons. The highest BCUT2D eigenvalue weighted by molar-refractivity contribution is 5.83. The van der Waals surface area contributed by atoms with Crippen LogP contribution < -0.4 is 9.47 Å². The molecule has 54 heavy (non-hydrogen) atoms. The lowest BCUT2D eigenvalue weighted by molar-refractivity contribution is -0.161. The highest BCUT2D eigenvalue weighted by atomic mass is 16.5. The van der Waals surface area contributed by atoms with E-state index in [0.29, 0.717) is 18.5 Å². The van der Waals surface area contributed by atoms with Gasteiger partial charge in [0.2, 0.25) is 23.6 Å². The number of pyridine rings is 1. The van der Waals surface area contributed by atoms with Gasteiger partial charge in [-0.25, -0.2) is 9.97 Å². The van der Waals surface area contributed by atoms with Gasteiger partial charge in [-0.2, -0.15) is 0 Å². The molecule has 2 aromatic heterocycles. The van der Waals surface area contributed by atoms with Crippen LogP contribution in [0.2, 0.25) is 0 Å². The standard InChI is InChI=1S/C43H49N7O4/c1-26-31(9-7-11-33(26)35-15-30-13-14-38(39(30)41(45-35)54-6)50-24-43(25-50)22-49(23-43)29(4)52)32-10-8-12-34(27(32)2)36-16-44-37(40(46-36)53-5)17-47-18-42(19-47)20-48(21-42)28(3)51/h7-12,15-16,38H,13-14,17-25H2,1-6H3/t38-/m0/s1. The van der Waals surface area contributed by atoms with Crippen molar-refractivity contribution in [2.75, 3.05) is 66.6 Å². The largest absolute Gasteiger partial charge is 0.481 e. The number of hydrogen-bond acceptors (Lipinski definition) is 9. The minimum Gasteiger partial charge on any atom is -0.481 e. The second-order valence-electron chi connectivity index (χ2n) is 16.6. The molecule has 0 N–H and O–H groups in total. The monoisotopic (exact) mass is 727 g/mol. The Bertz CT molecular complexity index is 2170. The van der Waals surface area contributed by atoms with Gasteiger partial charge in [-0.3, -0.25) is 24.4 Å². The topological polar surface area (TPSA) is 104 Å². The fourth-order valence-electron chi connectivity index (χ4n) is 10.1. The quantitative estimate of drug-likeness (QED) is 0.239. The molecule has 0 bridgehead atoms. The van der Waals surface area contributed by atoms with Crippen LogP contribution in [0.3, 0.4) is 0 Å². The molecule has 2 spiro atoms. The summed E-state index contributed by atoms with van der Waals surface area (Å²) in [4.78, 5) is 47.2. The van der Waals surface area contributed by atoms with Gasteiger partial charge in [-0.15, -0.1) is 0 Å². The number of fused-ring (bicyclic) bond motifs is 1. The van der Waals surface area contributed by atoms with Crippen molar-refractivity contribution >= 4 is 11.8 Å². The first-order chi connectivity index (χ1) is 26.0. The van der Waals surface area contributed by atoms with Crippen LogP contribution in [0.15, 0.2) is 48.7 Å². The fourth-order valence-corrected chi connectivity index (χ4v) is 10.1. The number of amides is 2. The third-order valence-electron chi connectivity index (χ3n) is 12.8. The molecule has 2 aromatic carbocycles. The van der Waals surface area contributed by atoms with Crippen LogP contribution in [-0.4, -0.2) is 113 Å². The van der Waals surface area contributed by atoms with Crippen molar-refractivity contribution in [3.05, 3.63) is 76.6 Å². The summed E-state index contributed by atoms with van der Waals surface area (Å²) in [7, 11) is 3.39. The molecule has 11 nitrogen and oxygen atoms in total. The fraction of sp³-hybridized carbons (Fsp3) is 0.465. The Morgan fingerprint density at radius 3 is 1.85 bits per heavy atom. The maximum Gasteiger partial charge on any atom is 0.237 e. The highest BCUT2D eigenvalue weighted by Gasteiger charge is 2.55. The highest BCUT2D eigenvalue weighted by Crippen LogP contribution is 2.50. The Morgan fingerprint density at radius 1 is 0.741 bits per heavy atom. The van der Waals surface area contributed by atoms with Gasteiger partial charge >= 0.3 is 0 Å². The zero-order valence-corrected chi connectivity index (χ0v) is 32.2.